The van der Waals surface area contributed by atoms with E-state index in [9.17, 15) is 22.8 Å². The van der Waals surface area contributed by atoms with Crippen LogP contribution in [0.2, 0.25) is 5.02 Å². The van der Waals surface area contributed by atoms with Crippen LogP contribution in [0.15, 0.2) is 66.7 Å². The number of ether oxygens (including phenoxy) is 1. The molecule has 5 nitrogen and oxygen atoms in total. The van der Waals surface area contributed by atoms with Gasteiger partial charge in [0, 0.05) is 28.2 Å². The molecule has 0 fully saturated rings. The van der Waals surface area contributed by atoms with Crippen molar-refractivity contribution < 1.29 is 27.5 Å². The van der Waals surface area contributed by atoms with Crippen molar-refractivity contribution in [2.45, 2.75) is 26.1 Å². The third-order valence-electron chi connectivity index (χ3n) is 5.97. The lowest BCUT2D eigenvalue weighted by atomic mass is 10.1. The number of nitrogens with zero attached hydrogens (tertiary/aromatic N) is 1. The second kappa shape index (κ2) is 10.1. The van der Waals surface area contributed by atoms with E-state index in [2.05, 4.69) is 5.32 Å². The van der Waals surface area contributed by atoms with Crippen LogP contribution < -0.4 is 10.1 Å². The van der Waals surface area contributed by atoms with Crippen LogP contribution in [0.25, 0.3) is 10.9 Å². The molecule has 4 aromatic rings. The molecular weight excluding hydrogens is 493 g/mol. The minimum absolute atomic E-state index is 0.0305. The van der Waals surface area contributed by atoms with E-state index in [4.69, 9.17) is 16.3 Å². The lowest BCUT2D eigenvalue weighted by Gasteiger charge is -2.13. The first-order valence-corrected chi connectivity index (χ1v) is 11.4. The van der Waals surface area contributed by atoms with E-state index >= 15 is 0 Å². The molecule has 1 amide bonds. The number of benzene rings is 3. The van der Waals surface area contributed by atoms with Gasteiger partial charge in [0.05, 0.1) is 24.6 Å². The van der Waals surface area contributed by atoms with E-state index < -0.39 is 17.6 Å². The molecule has 0 saturated heterocycles. The molecule has 36 heavy (non-hydrogen) atoms. The fraction of sp³-hybridized carbons (Fsp3) is 0.185. The van der Waals surface area contributed by atoms with Crippen molar-refractivity contribution in [1.29, 1.82) is 0 Å². The molecule has 4 rings (SSSR count). The Balaban J connectivity index is 1.66. The average molecular weight is 515 g/mol. The molecule has 0 unspecified atom stereocenters. The van der Waals surface area contributed by atoms with Gasteiger partial charge >= 0.3 is 6.18 Å². The van der Waals surface area contributed by atoms with Crippen LogP contribution in [-0.2, 0) is 23.9 Å². The third kappa shape index (κ3) is 5.09. The Bertz CT molecular complexity index is 1440. The van der Waals surface area contributed by atoms with Gasteiger partial charge in [0.1, 0.15) is 5.75 Å². The summed E-state index contributed by atoms with van der Waals surface area (Å²) in [7, 11) is 1.51. The van der Waals surface area contributed by atoms with E-state index in [-0.39, 0.29) is 24.4 Å². The zero-order valence-electron chi connectivity index (χ0n) is 19.4. The number of hydrogen-bond donors (Lipinski definition) is 1. The Labute approximate surface area is 210 Å². The highest BCUT2D eigenvalue weighted by molar-refractivity contribution is 6.30. The number of carbonyl (C=O) groups excluding carboxylic acids is 2. The molecule has 0 atom stereocenters. The van der Waals surface area contributed by atoms with E-state index in [0.717, 1.165) is 6.07 Å². The monoisotopic (exact) mass is 514 g/mol. The molecule has 9 heteroatoms. The number of rotatable bonds is 6. The summed E-state index contributed by atoms with van der Waals surface area (Å²) in [6.45, 7) is 1.45. The first-order chi connectivity index (χ1) is 17.1. The van der Waals surface area contributed by atoms with E-state index in [1.165, 1.54) is 29.9 Å². The van der Waals surface area contributed by atoms with E-state index in [1.54, 1.807) is 49.4 Å². The van der Waals surface area contributed by atoms with Gasteiger partial charge in [-0.25, -0.2) is 0 Å². The SMILES string of the molecule is COc1ccc2c(c1)c(CC(=O)NCc1ccccc1C(F)(F)F)c(C)n2C(=O)c1ccc(Cl)cc1. The van der Waals surface area contributed by atoms with Gasteiger partial charge in [-0.1, -0.05) is 29.8 Å². The second-order valence-electron chi connectivity index (χ2n) is 8.20. The van der Waals surface area contributed by atoms with Crippen molar-refractivity contribution in [2.24, 2.45) is 0 Å². The summed E-state index contributed by atoms with van der Waals surface area (Å²) in [5, 5.41) is 3.71. The van der Waals surface area contributed by atoms with Gasteiger partial charge in [-0.3, -0.25) is 14.2 Å². The lowest BCUT2D eigenvalue weighted by molar-refractivity contribution is -0.138. The number of nitrogens with one attached hydrogen (secondary N) is 1. The standard InChI is InChI=1S/C27H22ClF3N2O3/c1-16-21(14-25(34)32-15-18-5-3-4-6-23(18)27(29,30)31)22-13-20(36-2)11-12-24(22)33(16)26(35)17-7-9-19(28)10-8-17/h3-13H,14-15H2,1-2H3,(H,32,34). The van der Waals surface area contributed by atoms with Crippen molar-refractivity contribution >= 4 is 34.3 Å². The largest absolute Gasteiger partial charge is 0.497 e. The molecule has 0 radical (unpaired) electrons. The van der Waals surface area contributed by atoms with Gasteiger partial charge in [-0.05, 0) is 66.6 Å². The van der Waals surface area contributed by atoms with Crippen molar-refractivity contribution in [2.75, 3.05) is 7.11 Å². The summed E-state index contributed by atoms with van der Waals surface area (Å²) in [6.07, 6.45) is -4.66. The van der Waals surface area contributed by atoms with Gasteiger partial charge in [0.2, 0.25) is 5.91 Å². The molecule has 3 aromatic carbocycles. The summed E-state index contributed by atoms with van der Waals surface area (Å²) >= 11 is 5.95. The molecule has 1 aromatic heterocycles. The van der Waals surface area contributed by atoms with Gasteiger partial charge in [0.25, 0.3) is 5.91 Å². The van der Waals surface area contributed by atoms with Crippen LogP contribution in [0.5, 0.6) is 5.75 Å². The number of hydrogen-bond acceptors (Lipinski definition) is 3. The molecule has 186 valence electrons. The molecule has 1 N–H and O–H groups in total. The normalized spacial score (nSPS) is 11.5. The lowest BCUT2D eigenvalue weighted by Crippen LogP contribution is -2.26. The molecule has 0 spiro atoms. The van der Waals surface area contributed by atoms with Gasteiger partial charge in [-0.15, -0.1) is 0 Å². The number of fused-ring (bicyclic) bond motifs is 1. The van der Waals surface area contributed by atoms with Gasteiger partial charge in [0.15, 0.2) is 0 Å². The van der Waals surface area contributed by atoms with Crippen LogP contribution in [0.4, 0.5) is 13.2 Å². The first kappa shape index (κ1) is 25.3. The quantitative estimate of drug-likeness (QED) is 0.334. The Hall–Kier alpha value is -3.78. The van der Waals surface area contributed by atoms with Crippen molar-refractivity contribution in [3.05, 3.63) is 99.7 Å². The third-order valence-corrected chi connectivity index (χ3v) is 6.22. The Morgan fingerprint density at radius 2 is 1.72 bits per heavy atom. The van der Waals surface area contributed by atoms with E-state index in [0.29, 0.717) is 38.5 Å². The number of carbonyl (C=O) groups is 2. The highest BCUT2D eigenvalue weighted by Crippen LogP contribution is 2.33. The minimum Gasteiger partial charge on any atom is -0.497 e. The highest BCUT2D eigenvalue weighted by atomic mass is 35.5. The Morgan fingerprint density at radius 3 is 2.39 bits per heavy atom. The maximum absolute atomic E-state index is 13.4. The fourth-order valence-electron chi connectivity index (χ4n) is 4.16. The summed E-state index contributed by atoms with van der Waals surface area (Å²) in [5.74, 6) is -0.236. The minimum atomic E-state index is -4.52. The molecule has 0 aliphatic carbocycles. The van der Waals surface area contributed by atoms with Crippen LogP contribution in [0, 0.1) is 6.92 Å². The number of aromatic nitrogens is 1. The van der Waals surface area contributed by atoms with Gasteiger partial charge in [-0.2, -0.15) is 13.2 Å². The van der Waals surface area contributed by atoms with Crippen LogP contribution >= 0.6 is 11.6 Å². The highest BCUT2D eigenvalue weighted by Gasteiger charge is 2.33. The number of alkyl halides is 3. The molecular formula is C27H22ClF3N2O3. The smallest absolute Gasteiger partial charge is 0.416 e. The fourth-order valence-corrected chi connectivity index (χ4v) is 4.29. The maximum atomic E-state index is 13.4. The summed E-state index contributed by atoms with van der Waals surface area (Å²) < 4.78 is 46.7. The van der Waals surface area contributed by atoms with Crippen LogP contribution in [0.1, 0.15) is 32.7 Å². The molecule has 0 bridgehead atoms. The second-order valence-corrected chi connectivity index (χ2v) is 8.64. The van der Waals surface area contributed by atoms with Crippen molar-refractivity contribution in [3.63, 3.8) is 0 Å². The maximum Gasteiger partial charge on any atom is 0.416 e. The molecule has 1 heterocycles. The molecule has 0 aliphatic rings. The summed E-state index contributed by atoms with van der Waals surface area (Å²) in [5.41, 5.74) is 1.29. The zero-order chi connectivity index (χ0) is 26.0. The molecule has 0 aliphatic heterocycles. The number of methoxy groups -OCH3 is 1. The molecule has 0 saturated carbocycles. The number of amides is 1. The average Bonchev–Trinajstić information content (AvgIpc) is 3.12. The predicted octanol–water partition coefficient (Wildman–Crippen LogP) is 6.18. The van der Waals surface area contributed by atoms with Crippen LogP contribution in [-0.4, -0.2) is 23.5 Å². The van der Waals surface area contributed by atoms with Gasteiger partial charge < -0.3 is 10.1 Å². The Morgan fingerprint density at radius 1 is 1.03 bits per heavy atom. The van der Waals surface area contributed by atoms with Crippen molar-refractivity contribution in [3.8, 4) is 5.75 Å². The summed E-state index contributed by atoms with van der Waals surface area (Å²) in [4.78, 5) is 26.2. The predicted molar refractivity (Wildman–Crippen MR) is 131 cm³/mol. The summed E-state index contributed by atoms with van der Waals surface area (Å²) in [6, 6.07) is 16.7. The van der Waals surface area contributed by atoms with Crippen molar-refractivity contribution in [1.82, 2.24) is 9.88 Å². The van der Waals surface area contributed by atoms with Crippen LogP contribution in [0.3, 0.4) is 0 Å². The van der Waals surface area contributed by atoms with E-state index in [1.807, 2.05) is 0 Å². The zero-order valence-corrected chi connectivity index (χ0v) is 20.2. The first-order valence-electron chi connectivity index (χ1n) is 11.0. The topological polar surface area (TPSA) is 60.3 Å². The number of halogens is 4. The Kier molecular flexibility index (Phi) is 7.08.